The second kappa shape index (κ2) is 4.14. The van der Waals surface area contributed by atoms with Gasteiger partial charge in [-0.25, -0.2) is 9.36 Å². The van der Waals surface area contributed by atoms with Gasteiger partial charge in [-0.15, -0.1) is 0 Å². The van der Waals surface area contributed by atoms with E-state index >= 15 is 0 Å². The molecule has 0 aliphatic rings. The van der Waals surface area contributed by atoms with Crippen molar-refractivity contribution >= 4 is 28.1 Å². The molecule has 0 saturated heterocycles. The Morgan fingerprint density at radius 1 is 1.06 bits per heavy atom. The quantitative estimate of drug-likeness (QED) is 0.747. The number of nitrogens with one attached hydrogen (secondary N) is 1. The summed E-state index contributed by atoms with van der Waals surface area (Å²) in [5, 5.41) is 7.45. The molecule has 17 heavy (non-hydrogen) atoms. The van der Waals surface area contributed by atoms with E-state index in [1.54, 1.807) is 0 Å². The molecule has 0 bridgehead atoms. The standard InChI is InChI=1S/C13H11N3S/c1-14-13-5-11-4-9(12-7-16-17-8-12)2-3-10(11)6-15-13/h2-8H,1H3,(H,14,15). The van der Waals surface area contributed by atoms with Crippen molar-refractivity contribution in [3.05, 3.63) is 42.0 Å². The fraction of sp³-hybridized carbons (Fsp3) is 0.0769. The van der Waals surface area contributed by atoms with Crippen LogP contribution in [-0.2, 0) is 0 Å². The van der Waals surface area contributed by atoms with E-state index in [4.69, 9.17) is 0 Å². The molecular weight excluding hydrogens is 230 g/mol. The summed E-state index contributed by atoms with van der Waals surface area (Å²) in [4.78, 5) is 4.30. The summed E-state index contributed by atoms with van der Waals surface area (Å²) in [6.45, 7) is 0. The van der Waals surface area contributed by atoms with Crippen LogP contribution in [-0.4, -0.2) is 16.4 Å². The SMILES string of the molecule is CNc1cc2cc(-c3cnsc3)ccc2cn1. The fourth-order valence-electron chi connectivity index (χ4n) is 1.80. The predicted octanol–water partition coefficient (Wildman–Crippen LogP) is 3.40. The highest BCUT2D eigenvalue weighted by atomic mass is 32.1. The van der Waals surface area contributed by atoms with Crippen LogP contribution in [0, 0.1) is 0 Å². The Labute approximate surface area is 103 Å². The number of benzene rings is 1. The molecule has 2 heterocycles. The van der Waals surface area contributed by atoms with Crippen LogP contribution in [0.4, 0.5) is 5.82 Å². The second-order valence-electron chi connectivity index (χ2n) is 3.79. The van der Waals surface area contributed by atoms with Gasteiger partial charge in [-0.3, -0.25) is 0 Å². The van der Waals surface area contributed by atoms with Gasteiger partial charge in [0.15, 0.2) is 0 Å². The molecule has 3 rings (SSSR count). The Morgan fingerprint density at radius 2 is 2.00 bits per heavy atom. The molecule has 0 amide bonds. The zero-order valence-electron chi connectivity index (χ0n) is 9.34. The molecule has 0 saturated carbocycles. The summed E-state index contributed by atoms with van der Waals surface area (Å²) in [6, 6.07) is 8.42. The van der Waals surface area contributed by atoms with Gasteiger partial charge in [0.25, 0.3) is 0 Å². The van der Waals surface area contributed by atoms with Crippen LogP contribution >= 0.6 is 11.5 Å². The lowest BCUT2D eigenvalue weighted by Crippen LogP contribution is -1.91. The molecule has 3 nitrogen and oxygen atoms in total. The van der Waals surface area contributed by atoms with E-state index in [1.165, 1.54) is 28.0 Å². The van der Waals surface area contributed by atoms with Crippen molar-refractivity contribution < 1.29 is 0 Å². The van der Waals surface area contributed by atoms with Crippen LogP contribution in [0.1, 0.15) is 0 Å². The smallest absolute Gasteiger partial charge is 0.126 e. The Balaban J connectivity index is 2.17. The number of fused-ring (bicyclic) bond motifs is 1. The first-order valence-electron chi connectivity index (χ1n) is 5.34. The second-order valence-corrected chi connectivity index (χ2v) is 4.45. The maximum absolute atomic E-state index is 4.30. The number of anilines is 1. The van der Waals surface area contributed by atoms with E-state index in [0.29, 0.717) is 0 Å². The Kier molecular flexibility index (Phi) is 2.49. The third kappa shape index (κ3) is 1.87. The van der Waals surface area contributed by atoms with E-state index in [2.05, 4.69) is 44.3 Å². The average molecular weight is 241 g/mol. The Morgan fingerprint density at radius 3 is 2.76 bits per heavy atom. The highest BCUT2D eigenvalue weighted by Gasteiger charge is 2.02. The molecule has 1 aromatic carbocycles. The van der Waals surface area contributed by atoms with Gasteiger partial charge < -0.3 is 5.32 Å². The van der Waals surface area contributed by atoms with Crippen LogP contribution < -0.4 is 5.32 Å². The summed E-state index contributed by atoms with van der Waals surface area (Å²) >= 11 is 1.47. The normalized spacial score (nSPS) is 10.6. The Bertz CT molecular complexity index is 647. The van der Waals surface area contributed by atoms with Gasteiger partial charge in [0.05, 0.1) is 0 Å². The van der Waals surface area contributed by atoms with Crippen molar-refractivity contribution in [3.8, 4) is 11.1 Å². The largest absolute Gasteiger partial charge is 0.373 e. The lowest BCUT2D eigenvalue weighted by atomic mass is 10.1. The van der Waals surface area contributed by atoms with E-state index in [0.717, 1.165) is 11.2 Å². The third-order valence-corrected chi connectivity index (χ3v) is 3.33. The maximum Gasteiger partial charge on any atom is 0.126 e. The van der Waals surface area contributed by atoms with E-state index in [9.17, 15) is 0 Å². The number of aromatic nitrogens is 2. The highest BCUT2D eigenvalue weighted by molar-refractivity contribution is 7.03. The third-order valence-electron chi connectivity index (χ3n) is 2.74. The highest BCUT2D eigenvalue weighted by Crippen LogP contribution is 2.25. The molecule has 0 spiro atoms. The van der Waals surface area contributed by atoms with Gasteiger partial charge in [0, 0.05) is 35.8 Å². The minimum atomic E-state index is 0.887. The van der Waals surface area contributed by atoms with E-state index in [-0.39, 0.29) is 0 Å². The van der Waals surface area contributed by atoms with Gasteiger partial charge in [-0.1, -0.05) is 12.1 Å². The van der Waals surface area contributed by atoms with Crippen molar-refractivity contribution in [2.24, 2.45) is 0 Å². The summed E-state index contributed by atoms with van der Waals surface area (Å²) in [7, 11) is 1.88. The minimum absolute atomic E-state index is 0.887. The molecule has 0 radical (unpaired) electrons. The van der Waals surface area contributed by atoms with Crippen LogP contribution in [0.15, 0.2) is 42.0 Å². The van der Waals surface area contributed by atoms with Gasteiger partial charge in [-0.2, -0.15) is 0 Å². The molecule has 1 N–H and O–H groups in total. The molecule has 4 heteroatoms. The predicted molar refractivity (Wildman–Crippen MR) is 72.4 cm³/mol. The van der Waals surface area contributed by atoms with Gasteiger partial charge in [0.2, 0.25) is 0 Å². The first-order chi connectivity index (χ1) is 8.36. The first kappa shape index (κ1) is 10.2. The zero-order chi connectivity index (χ0) is 11.7. The van der Waals surface area contributed by atoms with E-state index in [1.807, 2.05) is 19.4 Å². The molecule has 2 aromatic heterocycles. The molecule has 0 unspecified atom stereocenters. The minimum Gasteiger partial charge on any atom is -0.373 e. The van der Waals surface area contributed by atoms with Crippen molar-refractivity contribution in [2.75, 3.05) is 12.4 Å². The summed E-state index contributed by atoms with van der Waals surface area (Å²) < 4.78 is 4.13. The molecule has 0 aliphatic carbocycles. The zero-order valence-corrected chi connectivity index (χ0v) is 10.2. The molecule has 0 atom stereocenters. The lowest BCUT2D eigenvalue weighted by Gasteiger charge is -2.04. The number of hydrogen-bond donors (Lipinski definition) is 1. The van der Waals surface area contributed by atoms with Crippen LogP contribution in [0.25, 0.3) is 21.9 Å². The number of rotatable bonds is 2. The first-order valence-corrected chi connectivity index (χ1v) is 6.18. The number of hydrogen-bond acceptors (Lipinski definition) is 4. The summed E-state index contributed by atoms with van der Waals surface area (Å²) in [5.74, 6) is 0.887. The fourth-order valence-corrected chi connectivity index (χ4v) is 2.35. The van der Waals surface area contributed by atoms with Crippen LogP contribution in [0.5, 0.6) is 0 Å². The summed E-state index contributed by atoms with van der Waals surface area (Å²) in [5.41, 5.74) is 2.36. The molecular formula is C13H11N3S. The molecule has 0 fully saturated rings. The maximum atomic E-state index is 4.30. The van der Waals surface area contributed by atoms with Crippen LogP contribution in [0.2, 0.25) is 0 Å². The average Bonchev–Trinajstić information content (AvgIpc) is 2.91. The molecule has 84 valence electrons. The van der Waals surface area contributed by atoms with Crippen LogP contribution in [0.3, 0.4) is 0 Å². The Hall–Kier alpha value is -1.94. The molecule has 0 aliphatic heterocycles. The number of pyridine rings is 1. The van der Waals surface area contributed by atoms with Gasteiger partial charge in [-0.05, 0) is 34.6 Å². The van der Waals surface area contributed by atoms with Gasteiger partial charge in [0.1, 0.15) is 5.82 Å². The molecule has 3 aromatic rings. The van der Waals surface area contributed by atoms with Crippen molar-refractivity contribution in [1.29, 1.82) is 0 Å². The monoisotopic (exact) mass is 241 g/mol. The summed E-state index contributed by atoms with van der Waals surface area (Å²) in [6.07, 6.45) is 3.78. The lowest BCUT2D eigenvalue weighted by molar-refractivity contribution is 1.31. The topological polar surface area (TPSA) is 37.8 Å². The number of nitrogens with zero attached hydrogens (tertiary/aromatic N) is 2. The van der Waals surface area contributed by atoms with Gasteiger partial charge >= 0.3 is 0 Å². The van der Waals surface area contributed by atoms with E-state index < -0.39 is 0 Å². The van der Waals surface area contributed by atoms with Crippen molar-refractivity contribution in [2.45, 2.75) is 0 Å². The van der Waals surface area contributed by atoms with Crippen molar-refractivity contribution in [3.63, 3.8) is 0 Å². The van der Waals surface area contributed by atoms with Crippen molar-refractivity contribution in [1.82, 2.24) is 9.36 Å².